The summed E-state index contributed by atoms with van der Waals surface area (Å²) in [5, 5.41) is 8.63. The molecule has 0 radical (unpaired) electrons. The van der Waals surface area contributed by atoms with E-state index in [1.54, 1.807) is 24.3 Å². The highest BCUT2D eigenvalue weighted by Gasteiger charge is 2.25. The van der Waals surface area contributed by atoms with Gasteiger partial charge in [-0.15, -0.1) is 0 Å². The molecule has 0 spiro atoms. The molecular formula is C15H23N3O3. The van der Waals surface area contributed by atoms with Gasteiger partial charge in [-0.05, 0) is 44.7 Å². The van der Waals surface area contributed by atoms with Gasteiger partial charge in [0.2, 0.25) is 11.8 Å². The molecular weight excluding hydrogens is 270 g/mol. The molecule has 6 nitrogen and oxygen atoms in total. The Labute approximate surface area is 125 Å². The lowest BCUT2D eigenvalue weighted by Gasteiger charge is -2.24. The zero-order valence-corrected chi connectivity index (χ0v) is 12.9. The van der Waals surface area contributed by atoms with Gasteiger partial charge in [-0.25, -0.2) is 0 Å². The summed E-state index contributed by atoms with van der Waals surface area (Å²) in [4.78, 5) is 23.5. The Kier molecular flexibility index (Phi) is 6.33. The van der Waals surface area contributed by atoms with E-state index in [0.29, 0.717) is 17.9 Å². The van der Waals surface area contributed by atoms with Crippen molar-refractivity contribution >= 4 is 23.2 Å². The highest BCUT2D eigenvalue weighted by atomic mass is 16.5. The van der Waals surface area contributed by atoms with Crippen LogP contribution in [0, 0.1) is 0 Å². The summed E-state index contributed by atoms with van der Waals surface area (Å²) in [5.74, 6) is -0.330. The summed E-state index contributed by atoms with van der Waals surface area (Å²) < 4.78 is 4.74. The molecule has 1 rings (SSSR count). The number of carbonyl (C=O) groups excluding carboxylic acids is 2. The lowest BCUT2D eigenvalue weighted by atomic mass is 10.0. The van der Waals surface area contributed by atoms with Crippen molar-refractivity contribution < 1.29 is 14.3 Å². The van der Waals surface area contributed by atoms with Crippen molar-refractivity contribution in [1.29, 1.82) is 0 Å². The van der Waals surface area contributed by atoms with Crippen molar-refractivity contribution in [3.63, 3.8) is 0 Å². The smallest absolute Gasteiger partial charge is 0.250 e. The minimum absolute atomic E-state index is 0.00929. The van der Waals surface area contributed by atoms with Gasteiger partial charge in [0.15, 0.2) is 0 Å². The second kappa shape index (κ2) is 7.75. The van der Waals surface area contributed by atoms with Crippen molar-refractivity contribution in [3.8, 4) is 0 Å². The third-order valence-electron chi connectivity index (χ3n) is 2.89. The first-order valence-electron chi connectivity index (χ1n) is 6.84. The van der Waals surface area contributed by atoms with Gasteiger partial charge in [0.05, 0.1) is 5.54 Å². The average molecular weight is 293 g/mol. The Bertz CT molecular complexity index is 483. The van der Waals surface area contributed by atoms with E-state index < -0.39 is 5.54 Å². The maximum absolute atomic E-state index is 12.1. The molecule has 0 saturated carbocycles. The van der Waals surface area contributed by atoms with Crippen molar-refractivity contribution in [1.82, 2.24) is 5.32 Å². The highest BCUT2D eigenvalue weighted by Crippen LogP contribution is 2.15. The molecule has 0 aromatic heterocycles. The van der Waals surface area contributed by atoms with E-state index in [4.69, 9.17) is 4.74 Å². The molecule has 1 aromatic rings. The van der Waals surface area contributed by atoms with E-state index >= 15 is 0 Å². The van der Waals surface area contributed by atoms with Crippen LogP contribution < -0.4 is 16.0 Å². The summed E-state index contributed by atoms with van der Waals surface area (Å²) in [6.07, 6.45) is 0. The molecule has 0 aliphatic carbocycles. The first-order valence-corrected chi connectivity index (χ1v) is 6.84. The third kappa shape index (κ3) is 5.53. The van der Waals surface area contributed by atoms with Crippen LogP contribution in [0.3, 0.4) is 0 Å². The van der Waals surface area contributed by atoms with Crippen molar-refractivity contribution in [2.75, 3.05) is 30.9 Å². The molecule has 0 bridgehead atoms. The monoisotopic (exact) mass is 293 g/mol. The number of methoxy groups -OCH3 is 1. The fourth-order valence-corrected chi connectivity index (χ4v) is 1.77. The van der Waals surface area contributed by atoms with Crippen molar-refractivity contribution in [2.24, 2.45) is 0 Å². The minimum atomic E-state index is -0.639. The van der Waals surface area contributed by atoms with Gasteiger partial charge in [-0.3, -0.25) is 9.59 Å². The minimum Gasteiger partial charge on any atom is -0.375 e. The molecule has 3 N–H and O–H groups in total. The normalized spacial score (nSPS) is 11.0. The zero-order valence-electron chi connectivity index (χ0n) is 12.9. The summed E-state index contributed by atoms with van der Waals surface area (Å²) in [7, 11) is 1.46. The van der Waals surface area contributed by atoms with E-state index in [1.165, 1.54) is 7.11 Å². The van der Waals surface area contributed by atoms with Crippen LogP contribution in [0.4, 0.5) is 11.4 Å². The number of benzene rings is 1. The number of ether oxygens (including phenoxy) is 1. The Morgan fingerprint density at radius 1 is 1.10 bits per heavy atom. The highest BCUT2D eigenvalue weighted by molar-refractivity contribution is 5.98. The Morgan fingerprint density at radius 2 is 1.62 bits per heavy atom. The van der Waals surface area contributed by atoms with Crippen molar-refractivity contribution in [2.45, 2.75) is 26.3 Å². The van der Waals surface area contributed by atoms with Crippen LogP contribution in [0.2, 0.25) is 0 Å². The lowest BCUT2D eigenvalue weighted by Crippen LogP contribution is -2.49. The largest absolute Gasteiger partial charge is 0.375 e. The van der Waals surface area contributed by atoms with Gasteiger partial charge in [0, 0.05) is 18.5 Å². The zero-order chi connectivity index (χ0) is 15.9. The summed E-state index contributed by atoms with van der Waals surface area (Å²) >= 11 is 0. The Morgan fingerprint density at radius 3 is 2.10 bits per heavy atom. The van der Waals surface area contributed by atoms with Crippen LogP contribution in [0.1, 0.15) is 20.8 Å². The average Bonchev–Trinajstić information content (AvgIpc) is 2.41. The van der Waals surface area contributed by atoms with Crippen LogP contribution >= 0.6 is 0 Å². The molecule has 0 heterocycles. The van der Waals surface area contributed by atoms with E-state index in [9.17, 15) is 9.59 Å². The molecule has 0 aliphatic heterocycles. The quantitative estimate of drug-likeness (QED) is 0.713. The van der Waals surface area contributed by atoms with Crippen LogP contribution in [0.15, 0.2) is 24.3 Å². The van der Waals surface area contributed by atoms with Gasteiger partial charge in [0.1, 0.15) is 6.61 Å². The number of carbonyl (C=O) groups is 2. The topological polar surface area (TPSA) is 79.5 Å². The molecule has 0 aliphatic rings. The molecule has 0 atom stereocenters. The maximum atomic E-state index is 12.1. The van der Waals surface area contributed by atoms with E-state index in [-0.39, 0.29) is 18.4 Å². The van der Waals surface area contributed by atoms with Crippen LogP contribution in [0.25, 0.3) is 0 Å². The number of nitrogens with one attached hydrogen (secondary N) is 3. The fourth-order valence-electron chi connectivity index (χ4n) is 1.77. The second-order valence-electron chi connectivity index (χ2n) is 5.17. The van der Waals surface area contributed by atoms with E-state index in [0.717, 1.165) is 0 Å². The first-order chi connectivity index (χ1) is 9.89. The van der Waals surface area contributed by atoms with Gasteiger partial charge in [-0.2, -0.15) is 0 Å². The molecule has 0 saturated heterocycles. The Balaban J connectivity index is 2.62. The number of hydrogen-bond donors (Lipinski definition) is 3. The number of hydrogen-bond acceptors (Lipinski definition) is 4. The Hall–Kier alpha value is -1.92. The number of amides is 2. The molecule has 116 valence electrons. The predicted octanol–water partition coefficient (Wildman–Crippen LogP) is 1.60. The molecule has 6 heteroatoms. The van der Waals surface area contributed by atoms with Crippen LogP contribution in [-0.2, 0) is 14.3 Å². The predicted molar refractivity (Wildman–Crippen MR) is 83.3 cm³/mol. The molecule has 0 unspecified atom stereocenters. The van der Waals surface area contributed by atoms with Gasteiger partial charge in [-0.1, -0.05) is 6.92 Å². The molecule has 1 aromatic carbocycles. The summed E-state index contributed by atoms with van der Waals surface area (Å²) in [5.41, 5.74) is 0.692. The lowest BCUT2D eigenvalue weighted by molar-refractivity contribution is -0.121. The van der Waals surface area contributed by atoms with Crippen LogP contribution in [-0.4, -0.2) is 37.6 Å². The SMILES string of the molecule is CCNC(C)(C)C(=O)Nc1ccc(NC(=O)COC)cc1. The summed E-state index contributed by atoms with van der Waals surface area (Å²) in [6.45, 7) is 6.32. The van der Waals surface area contributed by atoms with Gasteiger partial charge >= 0.3 is 0 Å². The van der Waals surface area contributed by atoms with Crippen LogP contribution in [0.5, 0.6) is 0 Å². The standard InChI is InChI=1S/C15H23N3O3/c1-5-16-15(2,3)14(20)18-12-8-6-11(7-9-12)17-13(19)10-21-4/h6-9,16H,5,10H2,1-4H3,(H,17,19)(H,18,20). The van der Waals surface area contributed by atoms with Crippen molar-refractivity contribution in [3.05, 3.63) is 24.3 Å². The third-order valence-corrected chi connectivity index (χ3v) is 2.89. The number of rotatable bonds is 7. The number of anilines is 2. The molecule has 2 amide bonds. The van der Waals surface area contributed by atoms with E-state index in [2.05, 4.69) is 16.0 Å². The first kappa shape index (κ1) is 17.1. The van der Waals surface area contributed by atoms with E-state index in [1.807, 2.05) is 20.8 Å². The van der Waals surface area contributed by atoms with Gasteiger partial charge in [0.25, 0.3) is 0 Å². The summed E-state index contributed by atoms with van der Waals surface area (Å²) in [6, 6.07) is 6.93. The maximum Gasteiger partial charge on any atom is 0.250 e. The molecule has 21 heavy (non-hydrogen) atoms. The van der Waals surface area contributed by atoms with Gasteiger partial charge < -0.3 is 20.7 Å². The fraction of sp³-hybridized carbons (Fsp3) is 0.467. The molecule has 0 fully saturated rings. The number of likely N-dealkylation sites (N-methyl/N-ethyl adjacent to an activating group) is 1. The second-order valence-corrected chi connectivity index (χ2v) is 5.17.